The Kier molecular flexibility index (Phi) is 5.93. The number of esters is 1. The fourth-order valence-electron chi connectivity index (χ4n) is 3.40. The van der Waals surface area contributed by atoms with Crippen LogP contribution in [0.3, 0.4) is 0 Å². The van der Waals surface area contributed by atoms with Gasteiger partial charge in [0.15, 0.2) is 0 Å². The Hall–Kier alpha value is -4.07. The van der Waals surface area contributed by atoms with Gasteiger partial charge >= 0.3 is 11.6 Å². The molecule has 0 aliphatic carbocycles. The second kappa shape index (κ2) is 8.97. The highest BCUT2D eigenvalue weighted by molar-refractivity contribution is 5.88. The Morgan fingerprint density at radius 2 is 1.75 bits per heavy atom. The van der Waals surface area contributed by atoms with Gasteiger partial charge in [-0.3, -0.25) is 4.79 Å². The molecule has 32 heavy (non-hydrogen) atoms. The molecule has 2 heterocycles. The maximum atomic E-state index is 12.6. The van der Waals surface area contributed by atoms with Crippen LogP contribution in [-0.4, -0.2) is 25.3 Å². The number of hydrogen-bond donors (Lipinski definition) is 0. The second-order valence-corrected chi connectivity index (χ2v) is 7.09. The average molecular weight is 435 g/mol. The molecule has 0 amide bonds. The van der Waals surface area contributed by atoms with Gasteiger partial charge in [-0.15, -0.1) is 0 Å². The topological polar surface area (TPSA) is 101 Å². The van der Waals surface area contributed by atoms with Gasteiger partial charge in [0, 0.05) is 17.9 Å². The predicted molar refractivity (Wildman–Crippen MR) is 116 cm³/mol. The molecule has 0 atom stereocenters. The fourth-order valence-corrected chi connectivity index (χ4v) is 3.40. The van der Waals surface area contributed by atoms with Gasteiger partial charge in [0.1, 0.15) is 22.8 Å². The van der Waals surface area contributed by atoms with Crippen LogP contribution >= 0.6 is 0 Å². The first-order valence-corrected chi connectivity index (χ1v) is 9.90. The van der Waals surface area contributed by atoms with E-state index in [-0.39, 0.29) is 6.42 Å². The molecule has 0 unspecified atom stereocenters. The summed E-state index contributed by atoms with van der Waals surface area (Å²) >= 11 is 0. The minimum absolute atomic E-state index is 0.107. The molecule has 0 spiro atoms. The smallest absolute Gasteiger partial charge is 0.344 e. The number of benzene rings is 2. The van der Waals surface area contributed by atoms with E-state index < -0.39 is 11.6 Å². The molecule has 0 fully saturated rings. The number of ether oxygens (including phenoxy) is 3. The molecular weight excluding hydrogens is 414 g/mol. The summed E-state index contributed by atoms with van der Waals surface area (Å²) in [6, 6.07) is 13.7. The first-order chi connectivity index (χ1) is 15.5. The van der Waals surface area contributed by atoms with Crippen LogP contribution in [-0.2, 0) is 11.2 Å². The minimum atomic E-state index is -0.438. The third-order valence-corrected chi connectivity index (χ3v) is 5.07. The summed E-state index contributed by atoms with van der Waals surface area (Å²) in [7, 11) is 3.07. The third-order valence-electron chi connectivity index (χ3n) is 5.07. The quantitative estimate of drug-likeness (QED) is 0.240. The SMILES string of the molecule is COc1ccc(-c2c(C)c3cc(OC(=O)CCc4cc(OC)no4)ccc3oc2=O)cc1. The highest BCUT2D eigenvalue weighted by atomic mass is 16.5. The molecule has 2 aromatic carbocycles. The molecule has 0 aliphatic heterocycles. The Morgan fingerprint density at radius 1 is 1.00 bits per heavy atom. The Balaban J connectivity index is 1.57. The molecule has 0 aliphatic rings. The number of nitrogens with zero attached hydrogens (tertiary/aromatic N) is 1. The van der Waals surface area contributed by atoms with Crippen molar-refractivity contribution < 1.29 is 27.9 Å². The Morgan fingerprint density at radius 3 is 2.44 bits per heavy atom. The van der Waals surface area contributed by atoms with Crippen molar-refractivity contribution in [1.29, 1.82) is 0 Å². The van der Waals surface area contributed by atoms with Crippen LogP contribution < -0.4 is 19.8 Å². The van der Waals surface area contributed by atoms with E-state index >= 15 is 0 Å². The average Bonchev–Trinajstić information content (AvgIpc) is 3.27. The van der Waals surface area contributed by atoms with Crippen molar-refractivity contribution in [1.82, 2.24) is 5.16 Å². The van der Waals surface area contributed by atoms with E-state index in [1.54, 1.807) is 55.6 Å². The first-order valence-electron chi connectivity index (χ1n) is 9.90. The zero-order valence-corrected chi connectivity index (χ0v) is 17.8. The van der Waals surface area contributed by atoms with E-state index in [1.807, 2.05) is 6.92 Å². The predicted octanol–water partition coefficient (Wildman–Crippen LogP) is 4.31. The first kappa shape index (κ1) is 21.2. The van der Waals surface area contributed by atoms with E-state index in [0.29, 0.717) is 51.7 Å². The van der Waals surface area contributed by atoms with E-state index in [4.69, 9.17) is 23.2 Å². The van der Waals surface area contributed by atoms with Crippen LogP contribution in [0.2, 0.25) is 0 Å². The molecule has 0 saturated heterocycles. The van der Waals surface area contributed by atoms with Crippen LogP contribution in [0.5, 0.6) is 17.4 Å². The largest absolute Gasteiger partial charge is 0.497 e. The van der Waals surface area contributed by atoms with Crippen molar-refractivity contribution >= 4 is 16.9 Å². The molecule has 4 rings (SSSR count). The van der Waals surface area contributed by atoms with E-state index in [2.05, 4.69) is 5.16 Å². The standard InChI is InChI=1S/C24H21NO7/c1-14-19-12-17(30-22(26)11-9-18-13-21(29-3)25-32-18)8-10-20(19)31-24(27)23(14)15-4-6-16(28-2)7-5-15/h4-8,10,12-13H,9,11H2,1-3H3. The molecule has 8 nitrogen and oxygen atoms in total. The lowest BCUT2D eigenvalue weighted by Gasteiger charge is -2.10. The number of rotatable bonds is 7. The number of aromatic nitrogens is 1. The molecule has 0 bridgehead atoms. The van der Waals surface area contributed by atoms with E-state index in [9.17, 15) is 9.59 Å². The van der Waals surface area contributed by atoms with Gasteiger partial charge in [0.25, 0.3) is 5.88 Å². The minimum Gasteiger partial charge on any atom is -0.497 e. The van der Waals surface area contributed by atoms with Gasteiger partial charge in [-0.05, 0) is 53.5 Å². The number of carbonyl (C=O) groups is 1. The zero-order valence-electron chi connectivity index (χ0n) is 17.8. The van der Waals surface area contributed by atoms with Crippen molar-refractivity contribution in [3.05, 3.63) is 70.3 Å². The van der Waals surface area contributed by atoms with Crippen molar-refractivity contribution in [3.63, 3.8) is 0 Å². The van der Waals surface area contributed by atoms with Crippen molar-refractivity contribution in [2.75, 3.05) is 14.2 Å². The monoisotopic (exact) mass is 435 g/mol. The molecule has 8 heteroatoms. The van der Waals surface area contributed by atoms with Gasteiger partial charge in [-0.2, -0.15) is 0 Å². The summed E-state index contributed by atoms with van der Waals surface area (Å²) < 4.78 is 26.2. The van der Waals surface area contributed by atoms with Crippen molar-refractivity contribution in [2.24, 2.45) is 0 Å². The molecular formula is C24H21NO7. The Labute approximate surface area is 183 Å². The number of carbonyl (C=O) groups excluding carboxylic acids is 1. The number of methoxy groups -OCH3 is 2. The molecule has 4 aromatic rings. The van der Waals surface area contributed by atoms with Gasteiger partial charge in [-0.1, -0.05) is 12.1 Å². The summed E-state index contributed by atoms with van der Waals surface area (Å²) in [5, 5.41) is 4.38. The molecule has 0 N–H and O–H groups in total. The maximum absolute atomic E-state index is 12.6. The fraction of sp³-hybridized carbons (Fsp3) is 0.208. The molecule has 0 saturated carbocycles. The molecule has 164 valence electrons. The van der Waals surface area contributed by atoms with Crippen LogP contribution in [0.25, 0.3) is 22.1 Å². The number of aryl methyl sites for hydroxylation is 2. The maximum Gasteiger partial charge on any atom is 0.344 e. The van der Waals surface area contributed by atoms with Crippen LogP contribution in [0.4, 0.5) is 0 Å². The highest BCUT2D eigenvalue weighted by Crippen LogP contribution is 2.30. The van der Waals surface area contributed by atoms with Crippen molar-refractivity contribution in [2.45, 2.75) is 19.8 Å². The zero-order chi connectivity index (χ0) is 22.7. The van der Waals surface area contributed by atoms with Gasteiger partial charge < -0.3 is 23.2 Å². The van der Waals surface area contributed by atoms with Crippen LogP contribution in [0, 0.1) is 6.92 Å². The summed E-state index contributed by atoms with van der Waals surface area (Å²) in [5.41, 5.74) is 1.87. The Bertz CT molecular complexity index is 1320. The van der Waals surface area contributed by atoms with Gasteiger partial charge in [0.2, 0.25) is 0 Å². The number of hydrogen-bond acceptors (Lipinski definition) is 8. The highest BCUT2D eigenvalue weighted by Gasteiger charge is 2.15. The van der Waals surface area contributed by atoms with Gasteiger partial charge in [-0.25, -0.2) is 4.79 Å². The third kappa shape index (κ3) is 4.34. The number of fused-ring (bicyclic) bond motifs is 1. The molecule has 0 radical (unpaired) electrons. The lowest BCUT2D eigenvalue weighted by Crippen LogP contribution is -2.09. The summed E-state index contributed by atoms with van der Waals surface area (Å²) in [4.78, 5) is 24.9. The summed E-state index contributed by atoms with van der Waals surface area (Å²) in [5.74, 6) is 1.50. The lowest BCUT2D eigenvalue weighted by atomic mass is 9.99. The van der Waals surface area contributed by atoms with Crippen LogP contribution in [0.15, 0.2) is 62.3 Å². The summed E-state index contributed by atoms with van der Waals surface area (Å²) in [6.45, 7) is 1.84. The van der Waals surface area contributed by atoms with E-state index in [0.717, 1.165) is 5.56 Å². The van der Waals surface area contributed by atoms with Crippen LogP contribution in [0.1, 0.15) is 17.7 Å². The lowest BCUT2D eigenvalue weighted by molar-refractivity contribution is -0.134. The van der Waals surface area contributed by atoms with E-state index in [1.165, 1.54) is 7.11 Å². The normalized spacial score (nSPS) is 10.8. The second-order valence-electron chi connectivity index (χ2n) is 7.09. The molecule has 2 aromatic heterocycles. The summed E-state index contributed by atoms with van der Waals surface area (Å²) in [6.07, 6.45) is 0.439. The van der Waals surface area contributed by atoms with Crippen molar-refractivity contribution in [3.8, 4) is 28.5 Å². The van der Waals surface area contributed by atoms with Gasteiger partial charge in [0.05, 0.1) is 26.2 Å².